The second-order valence-corrected chi connectivity index (χ2v) is 5.10. The zero-order chi connectivity index (χ0) is 15.0. The van der Waals surface area contributed by atoms with Gasteiger partial charge in [-0.05, 0) is 30.3 Å². The van der Waals surface area contributed by atoms with Gasteiger partial charge in [-0.1, -0.05) is 17.7 Å². The van der Waals surface area contributed by atoms with Crippen LogP contribution < -0.4 is 10.2 Å². The predicted molar refractivity (Wildman–Crippen MR) is 77.5 cm³/mol. The van der Waals surface area contributed by atoms with Crippen LogP contribution in [0.3, 0.4) is 0 Å². The van der Waals surface area contributed by atoms with E-state index in [2.05, 4.69) is 5.32 Å². The van der Waals surface area contributed by atoms with E-state index < -0.39 is 11.6 Å². The maximum absolute atomic E-state index is 13.9. The first kappa shape index (κ1) is 13.8. The molecule has 0 aliphatic carbocycles. The summed E-state index contributed by atoms with van der Waals surface area (Å²) in [6, 6.07) is 8.41. The average molecular weight is 309 g/mol. The van der Waals surface area contributed by atoms with Crippen molar-refractivity contribution in [1.82, 2.24) is 0 Å². The molecular formula is C15H11ClF2N2O. The first-order chi connectivity index (χ1) is 10.1. The van der Waals surface area contributed by atoms with E-state index in [0.29, 0.717) is 11.4 Å². The first-order valence-electron chi connectivity index (χ1n) is 6.33. The monoisotopic (exact) mass is 308 g/mol. The van der Waals surface area contributed by atoms with Gasteiger partial charge >= 0.3 is 0 Å². The summed E-state index contributed by atoms with van der Waals surface area (Å²) in [5, 5.41) is 3.09. The number of hydrogen-bond donors (Lipinski definition) is 1. The molecule has 0 saturated heterocycles. The summed E-state index contributed by atoms with van der Waals surface area (Å²) in [5.41, 5.74) is 1.25. The number of hydrogen-bond acceptors (Lipinski definition) is 2. The summed E-state index contributed by atoms with van der Waals surface area (Å²) in [5.74, 6) is -1.11. The molecular weight excluding hydrogens is 298 g/mol. The number of amides is 1. The summed E-state index contributed by atoms with van der Waals surface area (Å²) in [6.07, 6.45) is 0. The summed E-state index contributed by atoms with van der Waals surface area (Å²) in [7, 11) is 0. The predicted octanol–water partition coefficient (Wildman–Crippen LogP) is 3.58. The molecule has 21 heavy (non-hydrogen) atoms. The molecule has 3 rings (SSSR count). The molecule has 3 nitrogen and oxygen atoms in total. The van der Waals surface area contributed by atoms with Crippen LogP contribution in [-0.2, 0) is 11.3 Å². The molecule has 108 valence electrons. The largest absolute Gasteiger partial charge is 0.374 e. The Morgan fingerprint density at radius 2 is 2.05 bits per heavy atom. The number of halogens is 3. The van der Waals surface area contributed by atoms with Gasteiger partial charge in [-0.3, -0.25) is 4.79 Å². The van der Waals surface area contributed by atoms with Crippen LogP contribution in [0, 0.1) is 11.6 Å². The molecule has 1 aliphatic heterocycles. The molecule has 1 heterocycles. The normalized spacial score (nSPS) is 13.9. The minimum absolute atomic E-state index is 0.00462. The average Bonchev–Trinajstić information content (AvgIpc) is 2.45. The van der Waals surface area contributed by atoms with Crippen molar-refractivity contribution < 1.29 is 13.6 Å². The third kappa shape index (κ3) is 2.56. The van der Waals surface area contributed by atoms with Gasteiger partial charge in [0.15, 0.2) is 0 Å². The summed E-state index contributed by atoms with van der Waals surface area (Å²) >= 11 is 6.00. The minimum atomic E-state index is -0.475. The number of fused-ring (bicyclic) bond motifs is 1. The van der Waals surface area contributed by atoms with Crippen molar-refractivity contribution in [3.63, 3.8) is 0 Å². The third-order valence-electron chi connectivity index (χ3n) is 3.36. The highest BCUT2D eigenvalue weighted by Crippen LogP contribution is 2.32. The Morgan fingerprint density at radius 1 is 1.24 bits per heavy atom. The van der Waals surface area contributed by atoms with Crippen LogP contribution in [0.25, 0.3) is 0 Å². The van der Waals surface area contributed by atoms with Gasteiger partial charge in [0.2, 0.25) is 5.91 Å². The fourth-order valence-corrected chi connectivity index (χ4v) is 2.52. The number of anilines is 2. The van der Waals surface area contributed by atoms with E-state index in [4.69, 9.17) is 11.6 Å². The summed E-state index contributed by atoms with van der Waals surface area (Å²) < 4.78 is 27.1. The molecule has 0 unspecified atom stereocenters. The lowest BCUT2D eigenvalue weighted by Crippen LogP contribution is -2.39. The van der Waals surface area contributed by atoms with Crippen molar-refractivity contribution in [3.8, 4) is 0 Å². The van der Waals surface area contributed by atoms with E-state index in [-0.39, 0.29) is 29.6 Å². The van der Waals surface area contributed by atoms with Gasteiger partial charge < -0.3 is 10.2 Å². The van der Waals surface area contributed by atoms with Gasteiger partial charge in [-0.2, -0.15) is 0 Å². The lowest BCUT2D eigenvalue weighted by molar-refractivity contribution is -0.117. The molecule has 0 bridgehead atoms. The van der Waals surface area contributed by atoms with Gasteiger partial charge in [0.05, 0.1) is 24.5 Å². The van der Waals surface area contributed by atoms with Crippen molar-refractivity contribution in [1.29, 1.82) is 0 Å². The van der Waals surface area contributed by atoms with Gasteiger partial charge in [0, 0.05) is 10.6 Å². The maximum Gasteiger partial charge on any atom is 0.246 e. The fourth-order valence-electron chi connectivity index (χ4n) is 2.30. The Morgan fingerprint density at radius 3 is 2.81 bits per heavy atom. The number of carbonyl (C=O) groups excluding carboxylic acids is 1. The minimum Gasteiger partial charge on any atom is -0.374 e. The lowest BCUT2D eigenvalue weighted by atomic mass is 10.1. The Kier molecular flexibility index (Phi) is 3.51. The number of benzene rings is 2. The van der Waals surface area contributed by atoms with E-state index in [1.807, 2.05) is 0 Å². The Hall–Kier alpha value is -2.14. The van der Waals surface area contributed by atoms with Crippen molar-refractivity contribution in [2.75, 3.05) is 16.8 Å². The zero-order valence-electron chi connectivity index (χ0n) is 10.9. The van der Waals surface area contributed by atoms with Gasteiger partial charge in [-0.15, -0.1) is 0 Å². The molecule has 2 aromatic carbocycles. The molecule has 0 saturated carbocycles. The summed E-state index contributed by atoms with van der Waals surface area (Å²) in [6.45, 7) is 0.0349. The molecule has 0 atom stereocenters. The second kappa shape index (κ2) is 5.33. The quantitative estimate of drug-likeness (QED) is 0.920. The highest BCUT2D eigenvalue weighted by molar-refractivity contribution is 6.31. The third-order valence-corrected chi connectivity index (χ3v) is 3.71. The maximum atomic E-state index is 13.9. The standard InChI is InChI=1S/C15H11ClF2N2O/c16-11-2-1-3-12(18)10(11)8-20-14-5-4-9(17)6-13(14)19-7-15(20)21/h1-6,19H,7-8H2. The van der Waals surface area contributed by atoms with Gasteiger partial charge in [-0.25, -0.2) is 8.78 Å². The van der Waals surface area contributed by atoms with Crippen LogP contribution in [0.2, 0.25) is 5.02 Å². The van der Waals surface area contributed by atoms with E-state index in [0.717, 1.165) is 0 Å². The van der Waals surface area contributed by atoms with Crippen LogP contribution >= 0.6 is 11.6 Å². The van der Waals surface area contributed by atoms with Crippen LogP contribution in [-0.4, -0.2) is 12.5 Å². The molecule has 0 fully saturated rings. The van der Waals surface area contributed by atoms with Crippen LogP contribution in [0.15, 0.2) is 36.4 Å². The fraction of sp³-hybridized carbons (Fsp3) is 0.133. The van der Waals surface area contributed by atoms with Crippen molar-refractivity contribution in [2.45, 2.75) is 6.54 Å². The Labute approximate surface area is 125 Å². The number of nitrogens with one attached hydrogen (secondary N) is 1. The topological polar surface area (TPSA) is 32.3 Å². The lowest BCUT2D eigenvalue weighted by Gasteiger charge is -2.30. The van der Waals surface area contributed by atoms with Crippen LogP contribution in [0.4, 0.5) is 20.2 Å². The summed E-state index contributed by atoms with van der Waals surface area (Å²) in [4.78, 5) is 13.5. The molecule has 6 heteroatoms. The number of rotatable bonds is 2. The second-order valence-electron chi connectivity index (χ2n) is 4.70. The van der Waals surface area contributed by atoms with E-state index >= 15 is 0 Å². The van der Waals surface area contributed by atoms with Crippen LogP contribution in [0.5, 0.6) is 0 Å². The van der Waals surface area contributed by atoms with E-state index in [9.17, 15) is 13.6 Å². The number of carbonyl (C=O) groups is 1. The smallest absolute Gasteiger partial charge is 0.246 e. The molecule has 2 aromatic rings. The first-order valence-corrected chi connectivity index (χ1v) is 6.71. The van der Waals surface area contributed by atoms with Crippen LogP contribution in [0.1, 0.15) is 5.56 Å². The molecule has 1 amide bonds. The highest BCUT2D eigenvalue weighted by atomic mass is 35.5. The highest BCUT2D eigenvalue weighted by Gasteiger charge is 2.25. The van der Waals surface area contributed by atoms with Gasteiger partial charge in [0.1, 0.15) is 11.6 Å². The molecule has 0 radical (unpaired) electrons. The van der Waals surface area contributed by atoms with Crippen molar-refractivity contribution in [2.24, 2.45) is 0 Å². The van der Waals surface area contributed by atoms with Crippen molar-refractivity contribution >= 4 is 28.9 Å². The van der Waals surface area contributed by atoms with E-state index in [1.165, 1.54) is 35.2 Å². The Bertz CT molecular complexity index is 701. The van der Waals surface area contributed by atoms with Gasteiger partial charge in [0.25, 0.3) is 0 Å². The Balaban J connectivity index is 2.01. The molecule has 1 aliphatic rings. The number of nitrogens with zero attached hydrogens (tertiary/aromatic N) is 1. The molecule has 0 spiro atoms. The SMILES string of the molecule is O=C1CNc2cc(F)ccc2N1Cc1c(F)cccc1Cl. The molecule has 1 N–H and O–H groups in total. The van der Waals surface area contributed by atoms with E-state index in [1.54, 1.807) is 6.07 Å². The molecule has 0 aromatic heterocycles. The zero-order valence-corrected chi connectivity index (χ0v) is 11.6. The van der Waals surface area contributed by atoms with Crippen molar-refractivity contribution in [3.05, 3.63) is 58.6 Å².